The van der Waals surface area contributed by atoms with Gasteiger partial charge in [-0.3, -0.25) is 0 Å². The van der Waals surface area contributed by atoms with Crippen molar-refractivity contribution in [2.24, 2.45) is 0 Å². The van der Waals surface area contributed by atoms with E-state index in [0.29, 0.717) is 6.04 Å². The highest BCUT2D eigenvalue weighted by atomic mass is 35.5. The minimum atomic E-state index is 0. The predicted octanol–water partition coefficient (Wildman–Crippen LogP) is 3.25. The Morgan fingerprint density at radius 3 is 2.56 bits per heavy atom. The van der Waals surface area contributed by atoms with Crippen molar-refractivity contribution in [2.75, 3.05) is 20.6 Å². The molecule has 1 atom stereocenters. The molecule has 16 heavy (non-hydrogen) atoms. The fourth-order valence-electron chi connectivity index (χ4n) is 1.50. The first-order chi connectivity index (χ1) is 7.13. The van der Waals surface area contributed by atoms with Crippen molar-refractivity contribution in [3.63, 3.8) is 0 Å². The number of rotatable bonds is 6. The molecule has 0 amide bonds. The van der Waals surface area contributed by atoms with Crippen LogP contribution in [0.15, 0.2) is 12.1 Å². The molecular formula is C11H20Cl2N2S. The van der Waals surface area contributed by atoms with Crippen molar-refractivity contribution < 1.29 is 0 Å². The van der Waals surface area contributed by atoms with E-state index in [9.17, 15) is 0 Å². The Morgan fingerprint density at radius 1 is 1.44 bits per heavy atom. The number of nitrogens with one attached hydrogen (secondary N) is 1. The molecule has 0 spiro atoms. The first-order valence-corrected chi connectivity index (χ1v) is 6.44. The molecule has 1 unspecified atom stereocenters. The molecule has 1 N–H and O–H groups in total. The lowest BCUT2D eigenvalue weighted by Gasteiger charge is -2.22. The van der Waals surface area contributed by atoms with Gasteiger partial charge in [-0.15, -0.1) is 23.7 Å². The summed E-state index contributed by atoms with van der Waals surface area (Å²) in [5.74, 6) is 0. The minimum absolute atomic E-state index is 0. The highest BCUT2D eigenvalue weighted by Crippen LogP contribution is 2.20. The molecule has 0 saturated heterocycles. The van der Waals surface area contributed by atoms with Crippen LogP contribution in [0.2, 0.25) is 4.34 Å². The molecular weight excluding hydrogens is 263 g/mol. The number of hydrogen-bond acceptors (Lipinski definition) is 3. The number of hydrogen-bond donors (Lipinski definition) is 1. The summed E-state index contributed by atoms with van der Waals surface area (Å²) < 4.78 is 0.867. The lowest BCUT2D eigenvalue weighted by Crippen LogP contribution is -2.36. The van der Waals surface area contributed by atoms with Crippen LogP contribution in [0.4, 0.5) is 0 Å². The monoisotopic (exact) mass is 282 g/mol. The van der Waals surface area contributed by atoms with Gasteiger partial charge in [0.1, 0.15) is 0 Å². The third-order valence-electron chi connectivity index (χ3n) is 2.51. The van der Waals surface area contributed by atoms with Crippen molar-refractivity contribution in [1.82, 2.24) is 10.2 Å². The van der Waals surface area contributed by atoms with Gasteiger partial charge in [-0.05, 0) is 32.6 Å². The molecule has 0 aromatic carbocycles. The van der Waals surface area contributed by atoms with E-state index in [1.54, 1.807) is 11.3 Å². The maximum Gasteiger partial charge on any atom is 0.0931 e. The Kier molecular flexibility index (Phi) is 8.42. The van der Waals surface area contributed by atoms with E-state index in [0.717, 1.165) is 17.4 Å². The lowest BCUT2D eigenvalue weighted by atomic mass is 10.2. The molecule has 1 aromatic rings. The Hall–Kier alpha value is 0.200. The second kappa shape index (κ2) is 8.31. The fourth-order valence-corrected chi connectivity index (χ4v) is 2.56. The van der Waals surface area contributed by atoms with E-state index >= 15 is 0 Å². The van der Waals surface area contributed by atoms with Crippen molar-refractivity contribution in [2.45, 2.75) is 25.9 Å². The quantitative estimate of drug-likeness (QED) is 0.862. The molecule has 0 bridgehead atoms. The van der Waals surface area contributed by atoms with Crippen molar-refractivity contribution in [1.29, 1.82) is 0 Å². The van der Waals surface area contributed by atoms with Crippen LogP contribution in [0, 0.1) is 0 Å². The zero-order valence-electron chi connectivity index (χ0n) is 10.00. The summed E-state index contributed by atoms with van der Waals surface area (Å²) >= 11 is 7.51. The summed E-state index contributed by atoms with van der Waals surface area (Å²) in [5.41, 5.74) is 0. The standard InChI is InChI=1S/C11H19ClN2S.ClH/c1-4-9(14(2)3)7-13-8-10-5-6-11(12)15-10;/h5-6,9,13H,4,7-8H2,1-3H3;1H. The van der Waals surface area contributed by atoms with Gasteiger partial charge < -0.3 is 10.2 Å². The van der Waals surface area contributed by atoms with Gasteiger partial charge in [0.2, 0.25) is 0 Å². The lowest BCUT2D eigenvalue weighted by molar-refractivity contribution is 0.276. The average Bonchev–Trinajstić information content (AvgIpc) is 2.58. The molecule has 1 aromatic heterocycles. The van der Waals surface area contributed by atoms with Crippen LogP contribution in [0.1, 0.15) is 18.2 Å². The minimum Gasteiger partial charge on any atom is -0.310 e. The predicted molar refractivity (Wildman–Crippen MR) is 76.0 cm³/mol. The molecule has 0 aliphatic rings. The maximum absolute atomic E-state index is 5.86. The van der Waals surface area contributed by atoms with Crippen LogP contribution >= 0.6 is 35.3 Å². The summed E-state index contributed by atoms with van der Waals surface area (Å²) in [6.07, 6.45) is 1.17. The zero-order chi connectivity index (χ0) is 11.3. The summed E-state index contributed by atoms with van der Waals surface area (Å²) in [4.78, 5) is 3.56. The summed E-state index contributed by atoms with van der Waals surface area (Å²) in [7, 11) is 4.25. The fraction of sp³-hybridized carbons (Fsp3) is 0.636. The first-order valence-electron chi connectivity index (χ1n) is 5.24. The highest BCUT2D eigenvalue weighted by Gasteiger charge is 2.07. The molecule has 2 nitrogen and oxygen atoms in total. The van der Waals surface area contributed by atoms with Gasteiger partial charge in [0.05, 0.1) is 4.34 Å². The van der Waals surface area contributed by atoms with Gasteiger partial charge in [0.15, 0.2) is 0 Å². The largest absolute Gasteiger partial charge is 0.310 e. The van der Waals surface area contributed by atoms with Crippen LogP contribution in [-0.2, 0) is 6.54 Å². The third-order valence-corrected chi connectivity index (χ3v) is 3.74. The number of nitrogens with zero attached hydrogens (tertiary/aromatic N) is 1. The second-order valence-electron chi connectivity index (χ2n) is 3.86. The van der Waals surface area contributed by atoms with Gasteiger partial charge in [-0.1, -0.05) is 18.5 Å². The molecule has 1 rings (SSSR count). The van der Waals surface area contributed by atoms with E-state index in [2.05, 4.69) is 37.3 Å². The number of thiophene rings is 1. The summed E-state index contributed by atoms with van der Waals surface area (Å²) in [6, 6.07) is 4.64. The van der Waals surface area contributed by atoms with E-state index in [4.69, 9.17) is 11.6 Å². The summed E-state index contributed by atoms with van der Waals surface area (Å²) in [6.45, 7) is 4.16. The molecule has 0 saturated carbocycles. The molecule has 0 aliphatic heterocycles. The van der Waals surface area contributed by atoms with Gasteiger partial charge in [-0.25, -0.2) is 0 Å². The van der Waals surface area contributed by atoms with Crippen LogP contribution in [0.25, 0.3) is 0 Å². The molecule has 0 fully saturated rings. The van der Waals surface area contributed by atoms with Crippen molar-refractivity contribution >= 4 is 35.3 Å². The topological polar surface area (TPSA) is 15.3 Å². The van der Waals surface area contributed by atoms with E-state index in [-0.39, 0.29) is 12.4 Å². The Bertz CT molecular complexity index is 289. The van der Waals surface area contributed by atoms with Gasteiger partial charge >= 0.3 is 0 Å². The van der Waals surface area contributed by atoms with Crippen LogP contribution in [0.5, 0.6) is 0 Å². The van der Waals surface area contributed by atoms with Crippen molar-refractivity contribution in [3.8, 4) is 0 Å². The first kappa shape index (κ1) is 16.2. The van der Waals surface area contributed by atoms with Crippen molar-refractivity contribution in [3.05, 3.63) is 21.3 Å². The van der Waals surface area contributed by atoms with Crippen LogP contribution in [-0.4, -0.2) is 31.6 Å². The maximum atomic E-state index is 5.86. The number of likely N-dealkylation sites (N-methyl/N-ethyl adjacent to an activating group) is 1. The van der Waals surface area contributed by atoms with Gasteiger partial charge in [0.25, 0.3) is 0 Å². The molecule has 94 valence electrons. The second-order valence-corrected chi connectivity index (χ2v) is 5.66. The van der Waals surface area contributed by atoms with Gasteiger partial charge in [-0.2, -0.15) is 0 Å². The normalized spacial score (nSPS) is 12.6. The average molecular weight is 283 g/mol. The van der Waals surface area contributed by atoms with Gasteiger partial charge in [0, 0.05) is 24.0 Å². The molecule has 5 heteroatoms. The highest BCUT2D eigenvalue weighted by molar-refractivity contribution is 7.16. The number of halogens is 2. The summed E-state index contributed by atoms with van der Waals surface area (Å²) in [5, 5.41) is 3.46. The van der Waals surface area contributed by atoms with E-state index in [1.165, 1.54) is 11.3 Å². The smallest absolute Gasteiger partial charge is 0.0931 e. The Labute approximate surface area is 113 Å². The Balaban J connectivity index is 0.00000225. The van der Waals surface area contributed by atoms with Crippen LogP contribution in [0.3, 0.4) is 0 Å². The van der Waals surface area contributed by atoms with E-state index < -0.39 is 0 Å². The third kappa shape index (κ3) is 5.51. The van der Waals surface area contributed by atoms with Crippen LogP contribution < -0.4 is 5.32 Å². The Morgan fingerprint density at radius 2 is 2.12 bits per heavy atom. The molecule has 0 radical (unpaired) electrons. The zero-order valence-corrected chi connectivity index (χ0v) is 12.4. The molecule has 0 aliphatic carbocycles. The SMILES string of the molecule is CCC(CNCc1ccc(Cl)s1)N(C)C.Cl. The molecule has 1 heterocycles. The van der Waals surface area contributed by atoms with E-state index in [1.807, 2.05) is 6.07 Å².